The second kappa shape index (κ2) is 6.89. The number of carbonyl (C=O) groups excluding carboxylic acids is 1. The van der Waals surface area contributed by atoms with Crippen molar-refractivity contribution in [2.45, 2.75) is 64.5 Å². The van der Waals surface area contributed by atoms with Crippen LogP contribution < -0.4 is 5.32 Å². The highest BCUT2D eigenvalue weighted by atomic mass is 16.5. The molecule has 1 N–H and O–H groups in total. The van der Waals surface area contributed by atoms with Crippen LogP contribution in [0.15, 0.2) is 0 Å². The molecule has 0 bridgehead atoms. The van der Waals surface area contributed by atoms with Gasteiger partial charge in [0.05, 0.1) is 7.11 Å². The van der Waals surface area contributed by atoms with Crippen LogP contribution in [-0.2, 0) is 9.53 Å². The highest BCUT2D eigenvalue weighted by Gasteiger charge is 2.28. The lowest BCUT2D eigenvalue weighted by atomic mass is 10.0. The van der Waals surface area contributed by atoms with Crippen LogP contribution in [0.5, 0.6) is 0 Å². The summed E-state index contributed by atoms with van der Waals surface area (Å²) < 4.78 is 4.85. The van der Waals surface area contributed by atoms with Crippen molar-refractivity contribution in [3.8, 4) is 0 Å². The average Bonchev–Trinajstić information content (AvgIpc) is 2.69. The minimum Gasteiger partial charge on any atom is -0.468 e. The van der Waals surface area contributed by atoms with Gasteiger partial charge in [-0.1, -0.05) is 33.1 Å². The van der Waals surface area contributed by atoms with Gasteiger partial charge in [-0.25, -0.2) is 0 Å². The molecule has 1 saturated carbocycles. The van der Waals surface area contributed by atoms with Gasteiger partial charge in [-0.2, -0.15) is 0 Å². The number of methoxy groups -OCH3 is 1. The molecule has 0 spiro atoms. The molecule has 16 heavy (non-hydrogen) atoms. The monoisotopic (exact) mass is 227 g/mol. The lowest BCUT2D eigenvalue weighted by molar-refractivity contribution is -0.143. The van der Waals surface area contributed by atoms with Gasteiger partial charge in [0.25, 0.3) is 0 Å². The molecular weight excluding hydrogens is 202 g/mol. The van der Waals surface area contributed by atoms with Gasteiger partial charge in [0.2, 0.25) is 0 Å². The summed E-state index contributed by atoms with van der Waals surface area (Å²) in [6, 6.07) is 0.399. The van der Waals surface area contributed by atoms with E-state index in [4.69, 9.17) is 4.74 Å². The first-order valence-corrected chi connectivity index (χ1v) is 6.53. The van der Waals surface area contributed by atoms with Crippen LogP contribution in [0, 0.1) is 5.92 Å². The summed E-state index contributed by atoms with van der Waals surface area (Å²) in [6.07, 6.45) is 6.84. The van der Waals surface area contributed by atoms with E-state index < -0.39 is 0 Å². The van der Waals surface area contributed by atoms with Gasteiger partial charge in [0, 0.05) is 6.04 Å². The highest BCUT2D eigenvalue weighted by molar-refractivity contribution is 5.75. The summed E-state index contributed by atoms with van der Waals surface area (Å²) in [6.45, 7) is 4.41. The molecule has 0 aromatic rings. The van der Waals surface area contributed by atoms with Crippen LogP contribution in [-0.4, -0.2) is 25.2 Å². The molecule has 3 heteroatoms. The van der Waals surface area contributed by atoms with E-state index in [9.17, 15) is 4.79 Å². The zero-order chi connectivity index (χ0) is 12.0. The van der Waals surface area contributed by atoms with Crippen LogP contribution in [0.3, 0.4) is 0 Å². The fraction of sp³-hybridized carbons (Fsp3) is 0.923. The summed E-state index contributed by atoms with van der Waals surface area (Å²) in [5.41, 5.74) is 0. The highest BCUT2D eigenvalue weighted by Crippen LogP contribution is 2.25. The third-order valence-electron chi connectivity index (χ3n) is 3.61. The van der Waals surface area contributed by atoms with Crippen LogP contribution in [0.4, 0.5) is 0 Å². The first-order valence-electron chi connectivity index (χ1n) is 6.53. The second-order valence-electron chi connectivity index (χ2n) is 4.90. The number of hydrogen-bond donors (Lipinski definition) is 1. The van der Waals surface area contributed by atoms with Crippen LogP contribution in [0.25, 0.3) is 0 Å². The molecule has 0 aromatic carbocycles. The predicted molar refractivity (Wildman–Crippen MR) is 65.3 cm³/mol. The Kier molecular flexibility index (Phi) is 5.81. The minimum atomic E-state index is -0.104. The van der Waals surface area contributed by atoms with Crippen molar-refractivity contribution in [2.24, 2.45) is 5.92 Å². The van der Waals surface area contributed by atoms with Gasteiger partial charge in [-0.05, 0) is 25.2 Å². The molecule has 1 fully saturated rings. The Morgan fingerprint density at radius 3 is 2.75 bits per heavy atom. The quantitative estimate of drug-likeness (QED) is 0.708. The van der Waals surface area contributed by atoms with Gasteiger partial charge >= 0.3 is 5.97 Å². The van der Waals surface area contributed by atoms with E-state index in [0.717, 1.165) is 19.3 Å². The van der Waals surface area contributed by atoms with Gasteiger partial charge < -0.3 is 10.1 Å². The fourth-order valence-corrected chi connectivity index (χ4v) is 2.47. The van der Waals surface area contributed by atoms with Crippen LogP contribution in [0.1, 0.15) is 52.4 Å². The van der Waals surface area contributed by atoms with Gasteiger partial charge in [-0.15, -0.1) is 0 Å². The van der Waals surface area contributed by atoms with Crippen molar-refractivity contribution < 1.29 is 9.53 Å². The Labute approximate surface area is 98.9 Å². The van der Waals surface area contributed by atoms with E-state index in [2.05, 4.69) is 19.2 Å². The molecule has 0 saturated heterocycles. The zero-order valence-corrected chi connectivity index (χ0v) is 10.8. The number of hydrogen-bond acceptors (Lipinski definition) is 3. The number of esters is 1. The molecule has 0 aliphatic heterocycles. The Morgan fingerprint density at radius 2 is 2.25 bits per heavy atom. The third-order valence-corrected chi connectivity index (χ3v) is 3.61. The molecule has 0 heterocycles. The standard InChI is InChI=1S/C13H25NO2/c1-4-5-8-12(13(15)16-3)14-11-9-6-7-10(11)2/h10-12,14H,4-9H2,1-3H3. The molecule has 0 radical (unpaired) electrons. The molecule has 1 aliphatic rings. The Balaban J connectivity index is 2.45. The summed E-state index contributed by atoms with van der Waals surface area (Å²) in [4.78, 5) is 11.6. The molecule has 94 valence electrons. The SMILES string of the molecule is CCCCC(NC1CCCC1C)C(=O)OC. The number of unbranched alkanes of at least 4 members (excludes halogenated alkanes) is 1. The van der Waals surface area contributed by atoms with E-state index in [1.165, 1.54) is 26.4 Å². The second-order valence-corrected chi connectivity index (χ2v) is 4.90. The minimum absolute atomic E-state index is 0.101. The number of carbonyl (C=O) groups is 1. The third kappa shape index (κ3) is 3.78. The molecule has 3 unspecified atom stereocenters. The lowest BCUT2D eigenvalue weighted by Crippen LogP contribution is -2.45. The van der Waals surface area contributed by atoms with E-state index in [1.807, 2.05) is 0 Å². The molecule has 0 amide bonds. The van der Waals surface area contributed by atoms with E-state index in [-0.39, 0.29) is 12.0 Å². The number of rotatable bonds is 6. The van der Waals surface area contributed by atoms with Gasteiger partial charge in [0.1, 0.15) is 6.04 Å². The average molecular weight is 227 g/mol. The Morgan fingerprint density at radius 1 is 1.50 bits per heavy atom. The van der Waals surface area contributed by atoms with Crippen molar-refractivity contribution in [3.63, 3.8) is 0 Å². The van der Waals surface area contributed by atoms with E-state index >= 15 is 0 Å². The topological polar surface area (TPSA) is 38.3 Å². The molecule has 3 nitrogen and oxygen atoms in total. The maximum absolute atomic E-state index is 11.6. The summed E-state index contributed by atoms with van der Waals surface area (Å²) in [5.74, 6) is 0.585. The summed E-state index contributed by atoms with van der Waals surface area (Å²) in [7, 11) is 1.47. The molecule has 0 aromatic heterocycles. The van der Waals surface area contributed by atoms with E-state index in [0.29, 0.717) is 12.0 Å². The zero-order valence-electron chi connectivity index (χ0n) is 10.8. The van der Waals surface area contributed by atoms with Crippen molar-refractivity contribution in [1.29, 1.82) is 0 Å². The Hall–Kier alpha value is -0.570. The molecule has 1 aliphatic carbocycles. The van der Waals surface area contributed by atoms with Gasteiger partial charge in [0.15, 0.2) is 0 Å². The first-order chi connectivity index (χ1) is 7.69. The number of ether oxygens (including phenoxy) is 1. The van der Waals surface area contributed by atoms with Crippen molar-refractivity contribution in [1.82, 2.24) is 5.32 Å². The predicted octanol–water partition coefficient (Wildman–Crippen LogP) is 2.50. The number of nitrogens with one attached hydrogen (secondary N) is 1. The Bertz CT molecular complexity index is 218. The van der Waals surface area contributed by atoms with Crippen LogP contribution in [0.2, 0.25) is 0 Å². The fourth-order valence-electron chi connectivity index (χ4n) is 2.47. The maximum Gasteiger partial charge on any atom is 0.322 e. The smallest absolute Gasteiger partial charge is 0.322 e. The van der Waals surface area contributed by atoms with Crippen molar-refractivity contribution >= 4 is 5.97 Å². The molecule has 3 atom stereocenters. The summed E-state index contributed by atoms with van der Waals surface area (Å²) in [5, 5.41) is 3.48. The summed E-state index contributed by atoms with van der Waals surface area (Å²) >= 11 is 0. The first kappa shape index (κ1) is 13.5. The van der Waals surface area contributed by atoms with Crippen molar-refractivity contribution in [3.05, 3.63) is 0 Å². The largest absolute Gasteiger partial charge is 0.468 e. The van der Waals surface area contributed by atoms with E-state index in [1.54, 1.807) is 0 Å². The maximum atomic E-state index is 11.6. The molecule has 1 rings (SSSR count). The van der Waals surface area contributed by atoms with Crippen molar-refractivity contribution in [2.75, 3.05) is 7.11 Å². The normalized spacial score (nSPS) is 26.7. The van der Waals surface area contributed by atoms with Gasteiger partial charge in [-0.3, -0.25) is 4.79 Å². The van der Waals surface area contributed by atoms with Crippen LogP contribution >= 0.6 is 0 Å². The molecular formula is C13H25NO2. The lowest BCUT2D eigenvalue weighted by Gasteiger charge is -2.23.